The minimum absolute atomic E-state index is 0.0109. The maximum atomic E-state index is 12.0. The Morgan fingerprint density at radius 1 is 1.45 bits per heavy atom. The van der Waals surface area contributed by atoms with E-state index < -0.39 is 27.8 Å². The van der Waals surface area contributed by atoms with Crippen LogP contribution in [0.5, 0.6) is 0 Å². The molecule has 0 aliphatic rings. The number of nitrogens with one attached hydrogen (secondary N) is 1. The quantitative estimate of drug-likeness (QED) is 0.763. The predicted octanol–water partition coefficient (Wildman–Crippen LogP) is -0.0196. The highest BCUT2D eigenvalue weighted by atomic mass is 32.2. The normalized spacial score (nSPS) is 12.9. The van der Waals surface area contributed by atoms with Crippen LogP contribution in [0.3, 0.4) is 0 Å². The van der Waals surface area contributed by atoms with E-state index in [9.17, 15) is 18.0 Å². The number of carbonyl (C=O) groups excluding carboxylic acids is 1. The number of carboxylic acids is 1. The van der Waals surface area contributed by atoms with Crippen molar-refractivity contribution in [2.45, 2.75) is 12.0 Å². The second-order valence-electron chi connectivity index (χ2n) is 4.25. The summed E-state index contributed by atoms with van der Waals surface area (Å²) in [4.78, 5) is 23.8. The molecule has 1 atom stereocenters. The van der Waals surface area contributed by atoms with Gasteiger partial charge in [-0.3, -0.25) is 9.59 Å². The molecule has 0 aliphatic heterocycles. The van der Waals surface area contributed by atoms with Crippen LogP contribution >= 0.6 is 0 Å². The first-order valence-electron chi connectivity index (χ1n) is 5.70. The summed E-state index contributed by atoms with van der Waals surface area (Å²) in [5.74, 6) is -2.52. The molecule has 112 valence electrons. The van der Waals surface area contributed by atoms with Crippen molar-refractivity contribution in [1.29, 1.82) is 0 Å². The number of hydrogen-bond acceptors (Lipinski definition) is 5. The van der Waals surface area contributed by atoms with Gasteiger partial charge in [-0.2, -0.15) is 0 Å². The number of amides is 1. The van der Waals surface area contributed by atoms with Crippen LogP contribution in [0.2, 0.25) is 0 Å². The lowest BCUT2D eigenvalue weighted by atomic mass is 10.2. The van der Waals surface area contributed by atoms with Crippen LogP contribution < -0.4 is 4.72 Å². The van der Waals surface area contributed by atoms with Gasteiger partial charge in [0.05, 0.1) is 5.92 Å². The SMILES string of the molecule is CNS(=O)(=O)c1ccc(C(=O)N(C)CC(C)C(=O)O)o1. The van der Waals surface area contributed by atoms with E-state index in [4.69, 9.17) is 9.52 Å². The van der Waals surface area contributed by atoms with Crippen LogP contribution in [0.15, 0.2) is 21.6 Å². The lowest BCUT2D eigenvalue weighted by Gasteiger charge is -2.17. The van der Waals surface area contributed by atoms with Crippen molar-refractivity contribution in [1.82, 2.24) is 9.62 Å². The summed E-state index contributed by atoms with van der Waals surface area (Å²) in [6.07, 6.45) is 0. The molecular weight excluding hydrogens is 288 g/mol. The van der Waals surface area contributed by atoms with Gasteiger partial charge >= 0.3 is 5.97 Å². The molecule has 1 unspecified atom stereocenters. The second kappa shape index (κ2) is 6.06. The van der Waals surface area contributed by atoms with Crippen molar-refractivity contribution in [3.63, 3.8) is 0 Å². The summed E-state index contributed by atoms with van der Waals surface area (Å²) < 4.78 is 30.0. The molecule has 1 amide bonds. The summed E-state index contributed by atoms with van der Waals surface area (Å²) in [6.45, 7) is 1.45. The van der Waals surface area contributed by atoms with Gasteiger partial charge in [-0.15, -0.1) is 0 Å². The number of rotatable bonds is 6. The van der Waals surface area contributed by atoms with Crippen molar-refractivity contribution in [3.05, 3.63) is 17.9 Å². The Kier molecular flexibility index (Phi) is 4.90. The zero-order valence-electron chi connectivity index (χ0n) is 11.3. The van der Waals surface area contributed by atoms with Gasteiger partial charge in [0.1, 0.15) is 0 Å². The van der Waals surface area contributed by atoms with Gasteiger partial charge in [0.15, 0.2) is 5.76 Å². The van der Waals surface area contributed by atoms with Crippen molar-refractivity contribution in [2.24, 2.45) is 5.92 Å². The fourth-order valence-electron chi connectivity index (χ4n) is 1.44. The van der Waals surface area contributed by atoms with Crippen molar-refractivity contribution in [3.8, 4) is 0 Å². The lowest BCUT2D eigenvalue weighted by Crippen LogP contribution is -2.33. The zero-order valence-corrected chi connectivity index (χ0v) is 12.1. The molecule has 9 heteroatoms. The van der Waals surface area contributed by atoms with E-state index in [0.717, 1.165) is 11.0 Å². The first-order chi connectivity index (χ1) is 9.19. The maximum Gasteiger partial charge on any atom is 0.308 e. The highest BCUT2D eigenvalue weighted by Gasteiger charge is 2.23. The van der Waals surface area contributed by atoms with Gasteiger partial charge in [0, 0.05) is 13.6 Å². The smallest absolute Gasteiger partial charge is 0.308 e. The Bertz CT molecular complexity index is 606. The van der Waals surface area contributed by atoms with Crippen LogP contribution in [0.1, 0.15) is 17.5 Å². The van der Waals surface area contributed by atoms with Crippen LogP contribution in [-0.4, -0.2) is 50.9 Å². The van der Waals surface area contributed by atoms with Gasteiger partial charge in [0.25, 0.3) is 15.9 Å². The number of furan rings is 1. The van der Waals surface area contributed by atoms with E-state index >= 15 is 0 Å². The third-order valence-electron chi connectivity index (χ3n) is 2.64. The third kappa shape index (κ3) is 3.58. The molecule has 0 aliphatic carbocycles. The standard InChI is InChI=1S/C11H16N2O6S/c1-7(11(15)16)6-13(3)10(14)8-4-5-9(19-8)20(17,18)12-2/h4-5,7,12H,6H2,1-3H3,(H,15,16). The van der Waals surface area contributed by atoms with Crippen molar-refractivity contribution >= 4 is 21.9 Å². The topological polar surface area (TPSA) is 117 Å². The number of nitrogens with zero attached hydrogens (tertiary/aromatic N) is 1. The average molecular weight is 304 g/mol. The molecule has 2 N–H and O–H groups in total. The fourth-order valence-corrected chi connectivity index (χ4v) is 2.09. The van der Waals surface area contributed by atoms with E-state index in [1.807, 2.05) is 0 Å². The Hall–Kier alpha value is -1.87. The number of sulfonamides is 1. The monoisotopic (exact) mass is 304 g/mol. The van der Waals surface area contributed by atoms with Gasteiger partial charge in [-0.1, -0.05) is 6.92 Å². The number of hydrogen-bond donors (Lipinski definition) is 2. The van der Waals surface area contributed by atoms with Gasteiger partial charge in [0.2, 0.25) is 5.09 Å². The van der Waals surface area contributed by atoms with Gasteiger partial charge in [-0.25, -0.2) is 13.1 Å². The first kappa shape index (κ1) is 16.2. The maximum absolute atomic E-state index is 12.0. The van der Waals surface area contributed by atoms with E-state index in [-0.39, 0.29) is 17.4 Å². The predicted molar refractivity (Wildman–Crippen MR) is 68.7 cm³/mol. The number of carbonyl (C=O) groups is 2. The largest absolute Gasteiger partial charge is 0.481 e. The highest BCUT2D eigenvalue weighted by Crippen LogP contribution is 2.15. The number of carboxylic acid groups (broad SMARTS) is 1. The Morgan fingerprint density at radius 2 is 2.05 bits per heavy atom. The van der Waals surface area contributed by atoms with Crippen LogP contribution in [-0.2, 0) is 14.8 Å². The Balaban J connectivity index is 2.86. The van der Waals surface area contributed by atoms with E-state index in [2.05, 4.69) is 4.72 Å². The summed E-state index contributed by atoms with van der Waals surface area (Å²) in [5, 5.41) is 8.40. The molecule has 1 aromatic rings. The van der Waals surface area contributed by atoms with Crippen LogP contribution in [0.4, 0.5) is 0 Å². The zero-order chi connectivity index (χ0) is 15.5. The summed E-state index contributed by atoms with van der Waals surface area (Å²) >= 11 is 0. The molecule has 1 heterocycles. The van der Waals surface area contributed by atoms with Gasteiger partial charge < -0.3 is 14.4 Å². The summed E-state index contributed by atoms with van der Waals surface area (Å²) in [5.41, 5.74) is 0. The first-order valence-corrected chi connectivity index (χ1v) is 7.19. The Morgan fingerprint density at radius 3 is 2.55 bits per heavy atom. The summed E-state index contributed by atoms with van der Waals surface area (Å²) in [6, 6.07) is 2.39. The van der Waals surface area contributed by atoms with Crippen molar-refractivity contribution in [2.75, 3.05) is 20.6 Å². The molecule has 0 saturated carbocycles. The molecule has 1 aromatic heterocycles. The lowest BCUT2D eigenvalue weighted by molar-refractivity contribution is -0.141. The van der Waals surface area contributed by atoms with Crippen molar-refractivity contribution < 1.29 is 27.5 Å². The molecule has 0 radical (unpaired) electrons. The second-order valence-corrected chi connectivity index (χ2v) is 6.07. The molecular formula is C11H16N2O6S. The fraction of sp³-hybridized carbons (Fsp3) is 0.455. The highest BCUT2D eigenvalue weighted by molar-refractivity contribution is 7.89. The molecule has 0 fully saturated rings. The average Bonchev–Trinajstić information content (AvgIpc) is 2.87. The third-order valence-corrected chi connectivity index (χ3v) is 3.93. The molecule has 20 heavy (non-hydrogen) atoms. The molecule has 0 saturated heterocycles. The molecule has 0 bridgehead atoms. The minimum atomic E-state index is -3.75. The van der Waals surface area contributed by atoms with Crippen LogP contribution in [0, 0.1) is 5.92 Å². The Labute approximate surface area is 116 Å². The molecule has 0 spiro atoms. The minimum Gasteiger partial charge on any atom is -0.481 e. The van der Waals surface area contributed by atoms with E-state index in [0.29, 0.717) is 0 Å². The number of aliphatic carboxylic acids is 1. The molecule has 8 nitrogen and oxygen atoms in total. The van der Waals surface area contributed by atoms with Crippen LogP contribution in [0.25, 0.3) is 0 Å². The van der Waals surface area contributed by atoms with E-state index in [1.54, 1.807) is 0 Å². The van der Waals surface area contributed by atoms with Gasteiger partial charge in [-0.05, 0) is 19.2 Å². The molecule has 1 rings (SSSR count). The van der Waals surface area contributed by atoms with E-state index in [1.165, 1.54) is 27.1 Å². The molecule has 0 aromatic carbocycles. The summed E-state index contributed by atoms with van der Waals surface area (Å²) in [7, 11) is -1.12.